The van der Waals surface area contributed by atoms with Crippen molar-refractivity contribution in [3.63, 3.8) is 0 Å². The van der Waals surface area contributed by atoms with Gasteiger partial charge in [-0.2, -0.15) is 0 Å². The summed E-state index contributed by atoms with van der Waals surface area (Å²) in [4.78, 5) is 0. The largest absolute Gasteiger partial charge is 0.394 e. The van der Waals surface area contributed by atoms with Crippen molar-refractivity contribution in [3.05, 3.63) is 35.4 Å². The minimum absolute atomic E-state index is 0.0754. The lowest BCUT2D eigenvalue weighted by Crippen LogP contribution is -2.51. The van der Waals surface area contributed by atoms with Crippen LogP contribution >= 0.6 is 0 Å². The first-order valence-corrected chi connectivity index (χ1v) is 7.88. The maximum absolute atomic E-state index is 9.76. The molecule has 0 radical (unpaired) electrons. The molecule has 1 unspecified atom stereocenters. The van der Waals surface area contributed by atoms with Gasteiger partial charge in [0.1, 0.15) is 0 Å². The maximum atomic E-state index is 9.76. The lowest BCUT2D eigenvalue weighted by atomic mass is 9.82. The Bertz CT molecular complexity index is 440. The first-order valence-electron chi connectivity index (χ1n) is 7.88. The Kier molecular flexibility index (Phi) is 4.39. The van der Waals surface area contributed by atoms with E-state index >= 15 is 0 Å². The molecule has 2 aliphatic rings. The second-order valence-corrected chi connectivity index (χ2v) is 6.19. The van der Waals surface area contributed by atoms with Crippen molar-refractivity contribution in [3.8, 4) is 0 Å². The molecule has 1 aliphatic carbocycles. The molecule has 1 aromatic carbocycles. The summed E-state index contributed by atoms with van der Waals surface area (Å²) in [5.74, 6) is 0. The van der Waals surface area contributed by atoms with Gasteiger partial charge in [0, 0.05) is 12.1 Å². The predicted octanol–water partition coefficient (Wildman–Crippen LogP) is 2.59. The van der Waals surface area contributed by atoms with E-state index in [-0.39, 0.29) is 18.2 Å². The molecule has 0 aromatic heterocycles. The molecule has 0 amide bonds. The third kappa shape index (κ3) is 2.90. The monoisotopic (exact) mass is 275 g/mol. The Morgan fingerprint density at radius 3 is 2.80 bits per heavy atom. The van der Waals surface area contributed by atoms with E-state index in [0.29, 0.717) is 0 Å². The van der Waals surface area contributed by atoms with Gasteiger partial charge in [-0.05, 0) is 30.4 Å². The van der Waals surface area contributed by atoms with Gasteiger partial charge < -0.3 is 15.2 Å². The van der Waals surface area contributed by atoms with E-state index < -0.39 is 0 Å². The molecule has 0 spiro atoms. The Hall–Kier alpha value is -0.900. The van der Waals surface area contributed by atoms with Crippen molar-refractivity contribution in [2.45, 2.75) is 50.2 Å². The fourth-order valence-corrected chi connectivity index (χ4v) is 3.57. The number of hydrogen-bond donors (Lipinski definition) is 2. The summed E-state index contributed by atoms with van der Waals surface area (Å²) >= 11 is 0. The van der Waals surface area contributed by atoms with Crippen molar-refractivity contribution >= 4 is 0 Å². The zero-order valence-corrected chi connectivity index (χ0v) is 12.1. The van der Waals surface area contributed by atoms with Gasteiger partial charge in [0.25, 0.3) is 0 Å². The van der Waals surface area contributed by atoms with Crippen LogP contribution in [0.2, 0.25) is 0 Å². The van der Waals surface area contributed by atoms with E-state index in [1.165, 1.54) is 30.4 Å². The molecule has 1 saturated carbocycles. The lowest BCUT2D eigenvalue weighted by Gasteiger charge is -2.38. The molecule has 1 fully saturated rings. The van der Waals surface area contributed by atoms with E-state index in [9.17, 15) is 5.11 Å². The topological polar surface area (TPSA) is 41.5 Å². The highest BCUT2D eigenvalue weighted by atomic mass is 16.5. The minimum Gasteiger partial charge on any atom is -0.394 e. The lowest BCUT2D eigenvalue weighted by molar-refractivity contribution is 0.0268. The van der Waals surface area contributed by atoms with Crippen molar-refractivity contribution in [1.82, 2.24) is 5.32 Å². The number of aliphatic hydroxyl groups excluding tert-OH is 1. The molecule has 110 valence electrons. The number of fused-ring (bicyclic) bond motifs is 1. The Morgan fingerprint density at radius 2 is 2.00 bits per heavy atom. The van der Waals surface area contributed by atoms with Crippen LogP contribution < -0.4 is 5.32 Å². The van der Waals surface area contributed by atoms with Gasteiger partial charge in [-0.15, -0.1) is 0 Å². The van der Waals surface area contributed by atoms with Crippen LogP contribution in [0.4, 0.5) is 0 Å². The second-order valence-electron chi connectivity index (χ2n) is 6.19. The fraction of sp³-hybridized carbons (Fsp3) is 0.647. The van der Waals surface area contributed by atoms with Crippen LogP contribution in [0.25, 0.3) is 0 Å². The molecule has 1 aromatic rings. The number of aliphatic hydroxyl groups is 1. The van der Waals surface area contributed by atoms with Gasteiger partial charge in [-0.3, -0.25) is 0 Å². The van der Waals surface area contributed by atoms with Crippen LogP contribution in [0.1, 0.15) is 49.3 Å². The van der Waals surface area contributed by atoms with Crippen LogP contribution in [0.3, 0.4) is 0 Å². The van der Waals surface area contributed by atoms with Gasteiger partial charge in [-0.25, -0.2) is 0 Å². The molecule has 1 heterocycles. The molecule has 20 heavy (non-hydrogen) atoms. The number of ether oxygens (including phenoxy) is 1. The summed E-state index contributed by atoms with van der Waals surface area (Å²) in [5, 5.41) is 13.4. The van der Waals surface area contributed by atoms with E-state index in [4.69, 9.17) is 4.74 Å². The van der Waals surface area contributed by atoms with E-state index in [0.717, 1.165) is 32.4 Å². The van der Waals surface area contributed by atoms with E-state index in [1.807, 2.05) is 0 Å². The zero-order valence-electron chi connectivity index (χ0n) is 12.1. The number of hydrogen-bond acceptors (Lipinski definition) is 3. The molecule has 2 N–H and O–H groups in total. The van der Waals surface area contributed by atoms with Gasteiger partial charge in [-0.1, -0.05) is 43.5 Å². The first-order chi connectivity index (χ1) is 9.83. The van der Waals surface area contributed by atoms with Gasteiger partial charge in [0.05, 0.1) is 19.3 Å². The second kappa shape index (κ2) is 6.25. The molecule has 3 nitrogen and oxygen atoms in total. The van der Waals surface area contributed by atoms with Gasteiger partial charge in [0.15, 0.2) is 0 Å². The summed E-state index contributed by atoms with van der Waals surface area (Å²) in [6, 6.07) is 8.56. The predicted molar refractivity (Wildman–Crippen MR) is 79.7 cm³/mol. The highest BCUT2D eigenvalue weighted by Gasteiger charge is 2.32. The average molecular weight is 275 g/mol. The van der Waals surface area contributed by atoms with Gasteiger partial charge in [0.2, 0.25) is 0 Å². The van der Waals surface area contributed by atoms with E-state index in [2.05, 4.69) is 29.6 Å². The van der Waals surface area contributed by atoms with Crippen LogP contribution in [0, 0.1) is 0 Å². The van der Waals surface area contributed by atoms with Gasteiger partial charge >= 0.3 is 0 Å². The number of nitrogens with one attached hydrogen (secondary N) is 1. The SMILES string of the molecule is OCC1(NCC2OCCc3ccccc32)CCCCC1. The standard InChI is InChI=1S/C17H25NO2/c19-13-17(9-4-1-5-10-17)18-12-16-15-7-3-2-6-14(15)8-11-20-16/h2-3,6-7,16,18-19H,1,4-5,8-13H2. The van der Waals surface area contributed by atoms with Crippen molar-refractivity contribution < 1.29 is 9.84 Å². The first kappa shape index (κ1) is 14.1. The smallest absolute Gasteiger partial charge is 0.0952 e. The van der Waals surface area contributed by atoms with Crippen LogP contribution in [0.5, 0.6) is 0 Å². The molecule has 3 heteroatoms. The van der Waals surface area contributed by atoms with Crippen molar-refractivity contribution in [2.24, 2.45) is 0 Å². The summed E-state index contributed by atoms with van der Waals surface area (Å²) in [6.07, 6.45) is 7.04. The average Bonchev–Trinajstić information content (AvgIpc) is 2.54. The third-order valence-corrected chi connectivity index (χ3v) is 4.87. The third-order valence-electron chi connectivity index (χ3n) is 4.87. The summed E-state index contributed by atoms with van der Waals surface area (Å²) in [6.45, 7) is 1.84. The quantitative estimate of drug-likeness (QED) is 0.887. The minimum atomic E-state index is -0.0754. The molecule has 1 aliphatic heterocycles. The molecule has 0 bridgehead atoms. The highest BCUT2D eigenvalue weighted by molar-refractivity contribution is 5.31. The molecular formula is C17H25NO2. The van der Waals surface area contributed by atoms with Crippen molar-refractivity contribution in [1.29, 1.82) is 0 Å². The number of benzene rings is 1. The molecule has 1 atom stereocenters. The summed E-state index contributed by atoms with van der Waals surface area (Å²) < 4.78 is 5.94. The van der Waals surface area contributed by atoms with Crippen LogP contribution in [0.15, 0.2) is 24.3 Å². The summed E-state index contributed by atoms with van der Waals surface area (Å²) in [5.41, 5.74) is 2.65. The molecule has 0 saturated heterocycles. The molecule has 3 rings (SSSR count). The highest BCUT2D eigenvalue weighted by Crippen LogP contribution is 2.30. The normalized spacial score (nSPS) is 25.1. The maximum Gasteiger partial charge on any atom is 0.0952 e. The number of rotatable bonds is 4. The van der Waals surface area contributed by atoms with Crippen molar-refractivity contribution in [2.75, 3.05) is 19.8 Å². The fourth-order valence-electron chi connectivity index (χ4n) is 3.57. The molecular weight excluding hydrogens is 250 g/mol. The van der Waals surface area contributed by atoms with E-state index in [1.54, 1.807) is 0 Å². The Labute approximate surface area is 121 Å². The van der Waals surface area contributed by atoms with Crippen LogP contribution in [-0.4, -0.2) is 30.4 Å². The van der Waals surface area contributed by atoms with Crippen LogP contribution in [-0.2, 0) is 11.2 Å². The Morgan fingerprint density at radius 1 is 1.20 bits per heavy atom. The summed E-state index contributed by atoms with van der Waals surface area (Å²) in [7, 11) is 0. The zero-order chi connectivity index (χ0) is 13.8. The Balaban J connectivity index is 1.66.